The van der Waals surface area contributed by atoms with Gasteiger partial charge in [-0.3, -0.25) is 9.78 Å². The van der Waals surface area contributed by atoms with Crippen LogP contribution in [0.5, 0.6) is 0 Å². The van der Waals surface area contributed by atoms with Crippen LogP contribution in [0.1, 0.15) is 47.3 Å². The average molecular weight is 253 g/mol. The van der Waals surface area contributed by atoms with E-state index in [1.54, 1.807) is 6.20 Å². The number of rotatable bonds is 5. The van der Waals surface area contributed by atoms with Crippen LogP contribution in [0.4, 0.5) is 0 Å². The second-order valence-electron chi connectivity index (χ2n) is 4.83. The minimum atomic E-state index is -0.132. The molecule has 1 heterocycles. The largest absolute Gasteiger partial charge is 0.293 e. The third-order valence-corrected chi connectivity index (χ3v) is 3.25. The van der Waals surface area contributed by atoms with Gasteiger partial charge in [-0.1, -0.05) is 43.7 Å². The van der Waals surface area contributed by atoms with Crippen LogP contribution in [-0.4, -0.2) is 10.8 Å². The van der Waals surface area contributed by atoms with Gasteiger partial charge in [-0.25, -0.2) is 0 Å². The molecule has 0 aliphatic heterocycles. The molecular weight excluding hydrogens is 234 g/mol. The minimum absolute atomic E-state index is 0.132. The van der Waals surface area contributed by atoms with Gasteiger partial charge >= 0.3 is 0 Å². The number of carbonyl (C=O) groups excluding carboxylic acids is 1. The van der Waals surface area contributed by atoms with E-state index >= 15 is 0 Å². The van der Waals surface area contributed by atoms with Crippen molar-refractivity contribution in [3.8, 4) is 0 Å². The van der Waals surface area contributed by atoms with Gasteiger partial charge in [0.05, 0.1) is 11.6 Å². The van der Waals surface area contributed by atoms with Crippen molar-refractivity contribution in [2.75, 3.05) is 0 Å². The minimum Gasteiger partial charge on any atom is -0.293 e. The molecule has 0 bridgehead atoms. The normalized spacial score (nSPS) is 12.1. The van der Waals surface area contributed by atoms with Crippen molar-refractivity contribution in [3.63, 3.8) is 0 Å². The Morgan fingerprint density at radius 2 is 1.95 bits per heavy atom. The molecule has 0 N–H and O–H groups in total. The van der Waals surface area contributed by atoms with E-state index in [0.29, 0.717) is 0 Å². The van der Waals surface area contributed by atoms with Crippen molar-refractivity contribution in [1.29, 1.82) is 0 Å². The van der Waals surface area contributed by atoms with Gasteiger partial charge in [0.15, 0.2) is 5.78 Å². The Balaban J connectivity index is 2.33. The highest BCUT2D eigenvalue weighted by Gasteiger charge is 2.22. The third kappa shape index (κ3) is 3.28. The molecule has 98 valence electrons. The number of hydrogen-bond donors (Lipinski definition) is 0. The lowest BCUT2D eigenvalue weighted by atomic mass is 9.90. The molecule has 2 aromatic rings. The van der Waals surface area contributed by atoms with Gasteiger partial charge in [-0.15, -0.1) is 0 Å². The first-order valence-corrected chi connectivity index (χ1v) is 6.74. The van der Waals surface area contributed by atoms with Gasteiger partial charge in [0.2, 0.25) is 0 Å². The van der Waals surface area contributed by atoms with E-state index in [0.717, 1.165) is 29.7 Å². The Labute approximate surface area is 114 Å². The van der Waals surface area contributed by atoms with Crippen LogP contribution in [0.25, 0.3) is 0 Å². The summed E-state index contributed by atoms with van der Waals surface area (Å²) in [5, 5.41) is 0. The topological polar surface area (TPSA) is 30.0 Å². The van der Waals surface area contributed by atoms with E-state index in [1.807, 2.05) is 49.4 Å². The molecule has 1 aromatic heterocycles. The average Bonchev–Trinajstić information content (AvgIpc) is 2.45. The highest BCUT2D eigenvalue weighted by Crippen LogP contribution is 2.24. The zero-order valence-corrected chi connectivity index (χ0v) is 11.5. The fourth-order valence-corrected chi connectivity index (χ4v) is 2.26. The van der Waals surface area contributed by atoms with Crippen LogP contribution >= 0.6 is 0 Å². The van der Waals surface area contributed by atoms with Gasteiger partial charge < -0.3 is 0 Å². The van der Waals surface area contributed by atoms with Crippen molar-refractivity contribution in [2.24, 2.45) is 0 Å². The molecule has 1 unspecified atom stereocenters. The molecule has 2 nitrogen and oxygen atoms in total. The molecule has 0 radical (unpaired) electrons. The molecular formula is C17H19NO. The van der Waals surface area contributed by atoms with Crippen LogP contribution in [0, 0.1) is 6.92 Å². The first-order valence-electron chi connectivity index (χ1n) is 6.74. The number of nitrogens with zero attached hydrogens (tertiary/aromatic N) is 1. The maximum absolute atomic E-state index is 12.6. The fourth-order valence-electron chi connectivity index (χ4n) is 2.26. The first-order chi connectivity index (χ1) is 9.22. The summed E-state index contributed by atoms with van der Waals surface area (Å²) in [5.74, 6) is 0.0350. The molecule has 0 fully saturated rings. The Kier molecular flexibility index (Phi) is 4.45. The third-order valence-electron chi connectivity index (χ3n) is 3.25. The van der Waals surface area contributed by atoms with Crippen molar-refractivity contribution >= 4 is 5.78 Å². The smallest absolute Gasteiger partial charge is 0.171 e. The van der Waals surface area contributed by atoms with Crippen molar-refractivity contribution in [3.05, 3.63) is 65.5 Å². The molecule has 0 amide bonds. The zero-order valence-electron chi connectivity index (χ0n) is 11.5. The highest BCUT2D eigenvalue weighted by molar-refractivity contribution is 6.00. The van der Waals surface area contributed by atoms with Crippen molar-refractivity contribution < 1.29 is 4.79 Å². The standard InChI is InChI=1S/C17H19NO/c1-3-7-15(16-12-13(2)10-11-18-16)17(19)14-8-5-4-6-9-14/h4-6,8-12,15H,3,7H2,1-2H3. The van der Waals surface area contributed by atoms with Crippen LogP contribution in [0.2, 0.25) is 0 Å². The van der Waals surface area contributed by atoms with Crippen LogP contribution in [0.15, 0.2) is 48.7 Å². The summed E-state index contributed by atoms with van der Waals surface area (Å²) in [5.41, 5.74) is 2.80. The Bertz CT molecular complexity index is 548. The number of carbonyl (C=O) groups is 1. The predicted octanol–water partition coefficient (Wildman–Crippen LogP) is 4.16. The lowest BCUT2D eigenvalue weighted by molar-refractivity contribution is 0.0953. The number of ketones is 1. The van der Waals surface area contributed by atoms with Crippen LogP contribution in [-0.2, 0) is 0 Å². The summed E-state index contributed by atoms with van der Waals surface area (Å²) < 4.78 is 0. The summed E-state index contributed by atoms with van der Waals surface area (Å²) in [6.45, 7) is 4.13. The lowest BCUT2D eigenvalue weighted by Crippen LogP contribution is -2.14. The van der Waals surface area contributed by atoms with E-state index in [9.17, 15) is 4.79 Å². The summed E-state index contributed by atoms with van der Waals surface area (Å²) in [6.07, 6.45) is 3.59. The van der Waals surface area contributed by atoms with E-state index in [2.05, 4.69) is 11.9 Å². The predicted molar refractivity (Wildman–Crippen MR) is 77.4 cm³/mol. The molecule has 0 spiro atoms. The second kappa shape index (κ2) is 6.28. The molecule has 2 heteroatoms. The number of hydrogen-bond acceptors (Lipinski definition) is 2. The summed E-state index contributed by atoms with van der Waals surface area (Å²) in [6, 6.07) is 13.5. The van der Waals surface area contributed by atoms with E-state index in [1.165, 1.54) is 0 Å². The number of benzene rings is 1. The van der Waals surface area contributed by atoms with Crippen molar-refractivity contribution in [1.82, 2.24) is 4.98 Å². The zero-order chi connectivity index (χ0) is 13.7. The monoisotopic (exact) mass is 253 g/mol. The van der Waals surface area contributed by atoms with Gasteiger partial charge in [0.1, 0.15) is 0 Å². The molecule has 2 rings (SSSR count). The van der Waals surface area contributed by atoms with Crippen molar-refractivity contribution in [2.45, 2.75) is 32.6 Å². The Morgan fingerprint density at radius 3 is 2.58 bits per heavy atom. The van der Waals surface area contributed by atoms with Gasteiger partial charge in [-0.05, 0) is 31.0 Å². The van der Waals surface area contributed by atoms with Gasteiger partial charge in [-0.2, -0.15) is 0 Å². The van der Waals surface area contributed by atoms with Crippen LogP contribution < -0.4 is 0 Å². The number of aryl methyl sites for hydroxylation is 1. The molecule has 0 aliphatic carbocycles. The van der Waals surface area contributed by atoms with Crippen LogP contribution in [0.3, 0.4) is 0 Å². The Hall–Kier alpha value is -1.96. The molecule has 19 heavy (non-hydrogen) atoms. The molecule has 0 saturated heterocycles. The van der Waals surface area contributed by atoms with Gasteiger partial charge in [0, 0.05) is 11.8 Å². The number of aromatic nitrogens is 1. The number of pyridine rings is 1. The fraction of sp³-hybridized carbons (Fsp3) is 0.294. The molecule has 0 saturated carbocycles. The maximum Gasteiger partial charge on any atom is 0.171 e. The summed E-state index contributed by atoms with van der Waals surface area (Å²) in [4.78, 5) is 17.0. The SMILES string of the molecule is CCCC(C(=O)c1ccccc1)c1cc(C)ccn1. The summed E-state index contributed by atoms with van der Waals surface area (Å²) in [7, 11) is 0. The van der Waals surface area contributed by atoms with E-state index in [-0.39, 0.29) is 11.7 Å². The maximum atomic E-state index is 12.6. The number of Topliss-reactive ketones (excluding diaryl/α,β-unsaturated/α-hetero) is 1. The molecule has 1 aromatic carbocycles. The summed E-state index contributed by atoms with van der Waals surface area (Å²) >= 11 is 0. The van der Waals surface area contributed by atoms with Gasteiger partial charge in [0.25, 0.3) is 0 Å². The van der Waals surface area contributed by atoms with E-state index < -0.39 is 0 Å². The molecule has 1 atom stereocenters. The van der Waals surface area contributed by atoms with E-state index in [4.69, 9.17) is 0 Å². The molecule has 0 aliphatic rings. The Morgan fingerprint density at radius 1 is 1.21 bits per heavy atom. The first kappa shape index (κ1) is 13.5. The lowest BCUT2D eigenvalue weighted by Gasteiger charge is -2.15. The highest BCUT2D eigenvalue weighted by atomic mass is 16.1. The quantitative estimate of drug-likeness (QED) is 0.749. The second-order valence-corrected chi connectivity index (χ2v) is 4.83.